The maximum Gasteiger partial charge on any atom is 0.0545 e. The number of benzene rings is 2. The van der Waals surface area contributed by atoms with Crippen LogP contribution in [0.25, 0.3) is 0 Å². The van der Waals surface area contributed by atoms with Gasteiger partial charge in [-0.2, -0.15) is 0 Å². The molecule has 0 aliphatic heterocycles. The molecule has 0 heterocycles. The predicted octanol–water partition coefficient (Wildman–Crippen LogP) is 4.77. The fourth-order valence-electron chi connectivity index (χ4n) is 1.84. The average molecular weight is 292 g/mol. The summed E-state index contributed by atoms with van der Waals surface area (Å²) in [4.78, 5) is 2.32. The van der Waals surface area contributed by atoms with Crippen molar-refractivity contribution in [3.05, 3.63) is 59.1 Å². The maximum absolute atomic E-state index is 6.21. The monoisotopic (exact) mass is 291 g/mol. The van der Waals surface area contributed by atoms with Gasteiger partial charge in [-0.3, -0.25) is 0 Å². The van der Waals surface area contributed by atoms with E-state index in [4.69, 9.17) is 17.3 Å². The summed E-state index contributed by atoms with van der Waals surface area (Å²) < 4.78 is 0. The van der Waals surface area contributed by atoms with Crippen molar-refractivity contribution in [2.75, 3.05) is 0 Å². The molecule has 1 nitrogen and oxygen atoms in total. The van der Waals surface area contributed by atoms with Crippen molar-refractivity contribution in [2.24, 2.45) is 5.73 Å². The van der Waals surface area contributed by atoms with E-state index in [-0.39, 0.29) is 6.04 Å². The Morgan fingerprint density at radius 3 is 2.37 bits per heavy atom. The molecular weight excluding hydrogens is 274 g/mol. The summed E-state index contributed by atoms with van der Waals surface area (Å²) >= 11 is 7.92. The molecule has 19 heavy (non-hydrogen) atoms. The Labute approximate surface area is 124 Å². The van der Waals surface area contributed by atoms with Gasteiger partial charge in [0.2, 0.25) is 0 Å². The normalized spacial score (nSPS) is 12.4. The molecule has 2 N–H and O–H groups in total. The van der Waals surface area contributed by atoms with Gasteiger partial charge in [0.1, 0.15) is 0 Å². The molecule has 1 unspecified atom stereocenters. The molecule has 2 aromatic carbocycles. The van der Waals surface area contributed by atoms with Crippen molar-refractivity contribution in [3.63, 3.8) is 0 Å². The summed E-state index contributed by atoms with van der Waals surface area (Å²) in [6.07, 6.45) is 1.90. The molecule has 0 amide bonds. The number of nitrogens with two attached hydrogens (primary N) is 1. The minimum absolute atomic E-state index is 0.216. The highest BCUT2D eigenvalue weighted by molar-refractivity contribution is 7.99. The van der Waals surface area contributed by atoms with Crippen molar-refractivity contribution >= 4 is 23.4 Å². The molecule has 1 atom stereocenters. The van der Waals surface area contributed by atoms with Crippen LogP contribution in [-0.2, 0) is 6.42 Å². The molecule has 0 aromatic heterocycles. The third-order valence-corrected chi connectivity index (χ3v) is 4.67. The Morgan fingerprint density at radius 2 is 1.68 bits per heavy atom. The first-order valence-electron chi connectivity index (χ1n) is 6.46. The summed E-state index contributed by atoms with van der Waals surface area (Å²) in [5.41, 5.74) is 7.36. The van der Waals surface area contributed by atoms with E-state index >= 15 is 0 Å². The highest BCUT2D eigenvalue weighted by Crippen LogP contribution is 2.35. The lowest BCUT2D eigenvalue weighted by Crippen LogP contribution is -2.21. The van der Waals surface area contributed by atoms with Gasteiger partial charge in [-0.25, -0.2) is 0 Å². The molecule has 0 saturated heterocycles. The molecule has 0 radical (unpaired) electrons. The van der Waals surface area contributed by atoms with Crippen LogP contribution in [0.4, 0.5) is 0 Å². The lowest BCUT2D eigenvalue weighted by molar-refractivity contribution is 0.641. The summed E-state index contributed by atoms with van der Waals surface area (Å²) in [5, 5.41) is 0.794. The first-order valence-corrected chi connectivity index (χ1v) is 7.66. The van der Waals surface area contributed by atoms with Crippen LogP contribution in [0.2, 0.25) is 5.02 Å². The highest BCUT2D eigenvalue weighted by Gasteiger charge is 2.09. The first kappa shape index (κ1) is 14.4. The van der Waals surface area contributed by atoms with Gasteiger partial charge in [-0.15, -0.1) is 0 Å². The van der Waals surface area contributed by atoms with Gasteiger partial charge < -0.3 is 5.73 Å². The van der Waals surface area contributed by atoms with Gasteiger partial charge in [0.05, 0.1) is 5.02 Å². The smallest absolute Gasteiger partial charge is 0.0545 e. The van der Waals surface area contributed by atoms with Crippen LogP contribution in [0.5, 0.6) is 0 Å². The first-order chi connectivity index (χ1) is 9.20. The Bertz CT molecular complexity index is 542. The van der Waals surface area contributed by atoms with E-state index in [0.717, 1.165) is 22.8 Å². The van der Waals surface area contributed by atoms with Crippen LogP contribution >= 0.6 is 23.4 Å². The Balaban J connectivity index is 2.23. The molecule has 2 aromatic rings. The average Bonchev–Trinajstić information content (AvgIpc) is 2.43. The second-order valence-electron chi connectivity index (χ2n) is 4.51. The third-order valence-electron chi connectivity index (χ3n) is 3.04. The van der Waals surface area contributed by atoms with Crippen molar-refractivity contribution in [2.45, 2.75) is 35.6 Å². The molecule has 0 saturated carbocycles. The van der Waals surface area contributed by atoms with Crippen LogP contribution in [-0.4, -0.2) is 6.04 Å². The van der Waals surface area contributed by atoms with E-state index < -0.39 is 0 Å². The molecule has 0 aliphatic carbocycles. The van der Waals surface area contributed by atoms with Gasteiger partial charge in [0.15, 0.2) is 0 Å². The van der Waals surface area contributed by atoms with Crippen LogP contribution in [0, 0.1) is 0 Å². The minimum atomic E-state index is 0.216. The van der Waals surface area contributed by atoms with E-state index in [0.29, 0.717) is 0 Å². The third kappa shape index (κ3) is 4.00. The molecular formula is C16H18ClNS. The lowest BCUT2D eigenvalue weighted by Gasteiger charge is -2.13. The summed E-state index contributed by atoms with van der Waals surface area (Å²) in [6, 6.07) is 16.5. The molecule has 0 aliphatic rings. The fourth-order valence-corrected chi connectivity index (χ4v) is 3.07. The van der Waals surface area contributed by atoms with E-state index in [9.17, 15) is 0 Å². The largest absolute Gasteiger partial charge is 0.327 e. The van der Waals surface area contributed by atoms with Gasteiger partial charge in [0, 0.05) is 15.8 Å². The highest BCUT2D eigenvalue weighted by atomic mass is 35.5. The van der Waals surface area contributed by atoms with E-state index in [2.05, 4.69) is 31.2 Å². The molecule has 2 rings (SSSR count). The number of rotatable bonds is 5. The number of hydrogen-bond acceptors (Lipinski definition) is 2. The van der Waals surface area contributed by atoms with E-state index in [1.165, 1.54) is 10.5 Å². The zero-order valence-corrected chi connectivity index (χ0v) is 12.5. The van der Waals surface area contributed by atoms with Crippen molar-refractivity contribution in [1.29, 1.82) is 0 Å². The molecule has 0 fully saturated rings. The zero-order valence-electron chi connectivity index (χ0n) is 11.0. The van der Waals surface area contributed by atoms with Crippen LogP contribution in [0.3, 0.4) is 0 Å². The Morgan fingerprint density at radius 1 is 1.05 bits per heavy atom. The summed E-state index contributed by atoms with van der Waals surface area (Å²) in [7, 11) is 0. The quantitative estimate of drug-likeness (QED) is 0.858. The van der Waals surface area contributed by atoms with Crippen LogP contribution in [0.15, 0.2) is 58.3 Å². The van der Waals surface area contributed by atoms with Crippen LogP contribution in [0.1, 0.15) is 18.9 Å². The van der Waals surface area contributed by atoms with E-state index in [1.54, 1.807) is 11.8 Å². The fraction of sp³-hybridized carbons (Fsp3) is 0.250. The topological polar surface area (TPSA) is 26.0 Å². The molecule has 0 bridgehead atoms. The number of halogens is 1. The predicted molar refractivity (Wildman–Crippen MR) is 84.0 cm³/mol. The standard InChI is InChI=1S/C16H18ClNS/c1-2-13(18)11-12-7-3-5-9-15(12)19-16-10-6-4-8-14(16)17/h3-10,13H,2,11,18H2,1H3. The van der Waals surface area contributed by atoms with Crippen molar-refractivity contribution in [3.8, 4) is 0 Å². The van der Waals surface area contributed by atoms with Crippen LogP contribution < -0.4 is 5.73 Å². The zero-order chi connectivity index (χ0) is 13.7. The summed E-state index contributed by atoms with van der Waals surface area (Å²) in [5.74, 6) is 0. The number of hydrogen-bond donors (Lipinski definition) is 1. The minimum Gasteiger partial charge on any atom is -0.327 e. The second kappa shape index (κ2) is 6.99. The van der Waals surface area contributed by atoms with Gasteiger partial charge >= 0.3 is 0 Å². The Kier molecular flexibility index (Phi) is 5.32. The molecule has 0 spiro atoms. The second-order valence-corrected chi connectivity index (χ2v) is 6.00. The lowest BCUT2D eigenvalue weighted by atomic mass is 10.1. The SMILES string of the molecule is CCC(N)Cc1ccccc1Sc1ccccc1Cl. The van der Waals surface area contributed by atoms with Gasteiger partial charge in [-0.1, -0.05) is 60.6 Å². The van der Waals surface area contributed by atoms with E-state index in [1.807, 2.05) is 24.3 Å². The summed E-state index contributed by atoms with van der Waals surface area (Å²) in [6.45, 7) is 2.12. The Hall–Kier alpha value is -0.960. The van der Waals surface area contributed by atoms with Crippen molar-refractivity contribution in [1.82, 2.24) is 0 Å². The molecule has 100 valence electrons. The maximum atomic E-state index is 6.21. The van der Waals surface area contributed by atoms with Gasteiger partial charge in [0.25, 0.3) is 0 Å². The molecule has 3 heteroatoms. The van der Waals surface area contributed by atoms with Crippen molar-refractivity contribution < 1.29 is 0 Å². The van der Waals surface area contributed by atoms with Gasteiger partial charge in [-0.05, 0) is 36.6 Å².